The molecular weight excluding hydrogens is 230 g/mol. The molecule has 1 nitrogen and oxygen atoms in total. The summed E-state index contributed by atoms with van der Waals surface area (Å²) in [4.78, 5) is 0. The molecule has 0 amide bonds. The van der Waals surface area contributed by atoms with Crippen LogP contribution in [0.15, 0.2) is 30.3 Å². The largest absolute Gasteiger partial charge is 0.313 e. The summed E-state index contributed by atoms with van der Waals surface area (Å²) < 4.78 is 0. The Bertz CT molecular complexity index is 377. The zero-order valence-corrected chi connectivity index (χ0v) is 12.3. The van der Waals surface area contributed by atoms with Gasteiger partial charge in [0.1, 0.15) is 0 Å². The van der Waals surface area contributed by atoms with Gasteiger partial charge in [-0.1, -0.05) is 44.2 Å². The third-order valence-corrected chi connectivity index (χ3v) is 4.87. The average molecular weight is 257 g/mol. The lowest BCUT2D eigenvalue weighted by atomic mass is 9.88. The SMILES string of the molecule is CC(C)C(CNC(C1CC1)C1CC1)c1ccccc1. The lowest BCUT2D eigenvalue weighted by molar-refractivity contribution is 0.372. The molecule has 3 rings (SSSR count). The highest BCUT2D eigenvalue weighted by molar-refractivity contribution is 5.20. The fourth-order valence-corrected chi connectivity index (χ4v) is 3.33. The highest BCUT2D eigenvalue weighted by Gasteiger charge is 2.41. The quantitative estimate of drug-likeness (QED) is 0.772. The maximum atomic E-state index is 3.92. The first-order valence-corrected chi connectivity index (χ1v) is 8.04. The molecule has 1 N–H and O–H groups in total. The summed E-state index contributed by atoms with van der Waals surface area (Å²) in [5.74, 6) is 3.35. The summed E-state index contributed by atoms with van der Waals surface area (Å²) in [5.41, 5.74) is 1.50. The van der Waals surface area contributed by atoms with Crippen LogP contribution in [-0.2, 0) is 0 Å². The van der Waals surface area contributed by atoms with Gasteiger partial charge >= 0.3 is 0 Å². The number of rotatable bonds is 7. The van der Waals surface area contributed by atoms with Crippen molar-refractivity contribution in [1.82, 2.24) is 5.32 Å². The van der Waals surface area contributed by atoms with E-state index >= 15 is 0 Å². The smallest absolute Gasteiger partial charge is 0.0124 e. The van der Waals surface area contributed by atoms with E-state index in [-0.39, 0.29) is 0 Å². The van der Waals surface area contributed by atoms with Gasteiger partial charge in [-0.15, -0.1) is 0 Å². The number of hydrogen-bond acceptors (Lipinski definition) is 1. The summed E-state index contributed by atoms with van der Waals surface area (Å²) in [6.45, 7) is 5.85. The minimum absolute atomic E-state index is 0.654. The molecule has 1 unspecified atom stereocenters. The van der Waals surface area contributed by atoms with Crippen LogP contribution in [0.1, 0.15) is 51.0 Å². The van der Waals surface area contributed by atoms with Gasteiger partial charge in [0.05, 0.1) is 0 Å². The van der Waals surface area contributed by atoms with Crippen LogP contribution in [0.2, 0.25) is 0 Å². The van der Waals surface area contributed by atoms with Crippen LogP contribution >= 0.6 is 0 Å². The molecule has 0 bridgehead atoms. The fraction of sp³-hybridized carbons (Fsp3) is 0.667. The van der Waals surface area contributed by atoms with Crippen LogP contribution in [0.25, 0.3) is 0 Å². The first-order chi connectivity index (χ1) is 9.25. The van der Waals surface area contributed by atoms with Crippen molar-refractivity contribution in [3.8, 4) is 0 Å². The van der Waals surface area contributed by atoms with Crippen molar-refractivity contribution in [2.45, 2.75) is 51.5 Å². The third kappa shape index (κ3) is 3.39. The second-order valence-electron chi connectivity index (χ2n) is 6.87. The fourth-order valence-electron chi connectivity index (χ4n) is 3.33. The van der Waals surface area contributed by atoms with E-state index in [9.17, 15) is 0 Å². The molecule has 2 fully saturated rings. The first kappa shape index (κ1) is 13.2. The normalized spacial score (nSPS) is 21.1. The predicted octanol–water partition coefficient (Wildman–Crippen LogP) is 4.20. The van der Waals surface area contributed by atoms with Crippen molar-refractivity contribution >= 4 is 0 Å². The number of benzene rings is 1. The Morgan fingerprint density at radius 1 is 1.00 bits per heavy atom. The molecule has 1 aromatic carbocycles. The number of hydrogen-bond donors (Lipinski definition) is 1. The zero-order chi connectivity index (χ0) is 13.2. The maximum Gasteiger partial charge on any atom is 0.0124 e. The van der Waals surface area contributed by atoms with Crippen molar-refractivity contribution in [2.75, 3.05) is 6.54 Å². The molecule has 1 aromatic rings. The predicted molar refractivity (Wildman–Crippen MR) is 81.3 cm³/mol. The molecule has 1 atom stereocenters. The Morgan fingerprint density at radius 2 is 1.58 bits per heavy atom. The van der Waals surface area contributed by atoms with Crippen molar-refractivity contribution in [2.24, 2.45) is 17.8 Å². The molecule has 0 aliphatic heterocycles. The summed E-state index contributed by atoms with van der Waals surface area (Å²) in [5, 5.41) is 3.92. The van der Waals surface area contributed by atoms with Crippen LogP contribution in [0.4, 0.5) is 0 Å². The van der Waals surface area contributed by atoms with Crippen molar-refractivity contribution < 1.29 is 0 Å². The first-order valence-electron chi connectivity index (χ1n) is 8.04. The van der Waals surface area contributed by atoms with E-state index in [0.717, 1.165) is 24.4 Å². The van der Waals surface area contributed by atoms with E-state index in [0.29, 0.717) is 11.8 Å². The van der Waals surface area contributed by atoms with E-state index in [1.165, 1.54) is 31.2 Å². The Hall–Kier alpha value is -0.820. The van der Waals surface area contributed by atoms with E-state index in [1.54, 1.807) is 0 Å². The van der Waals surface area contributed by atoms with Gasteiger partial charge in [0.15, 0.2) is 0 Å². The molecule has 1 heteroatoms. The molecule has 2 saturated carbocycles. The van der Waals surface area contributed by atoms with Crippen LogP contribution in [0, 0.1) is 17.8 Å². The molecule has 0 aromatic heterocycles. The third-order valence-electron chi connectivity index (χ3n) is 4.87. The summed E-state index contributed by atoms with van der Waals surface area (Å²) in [7, 11) is 0. The van der Waals surface area contributed by atoms with Gasteiger partial charge < -0.3 is 5.32 Å². The van der Waals surface area contributed by atoms with E-state index in [4.69, 9.17) is 0 Å². The van der Waals surface area contributed by atoms with Crippen molar-refractivity contribution in [3.05, 3.63) is 35.9 Å². The van der Waals surface area contributed by atoms with Crippen LogP contribution < -0.4 is 5.32 Å². The van der Waals surface area contributed by atoms with Crippen LogP contribution in [0.3, 0.4) is 0 Å². The minimum Gasteiger partial charge on any atom is -0.313 e. The van der Waals surface area contributed by atoms with Crippen LogP contribution in [0.5, 0.6) is 0 Å². The van der Waals surface area contributed by atoms with Gasteiger partial charge in [-0.3, -0.25) is 0 Å². The molecule has 0 spiro atoms. The van der Waals surface area contributed by atoms with Gasteiger partial charge in [0, 0.05) is 12.6 Å². The van der Waals surface area contributed by atoms with Gasteiger partial charge in [-0.05, 0) is 54.9 Å². The molecule has 0 heterocycles. The Kier molecular flexibility index (Phi) is 3.93. The molecule has 104 valence electrons. The second kappa shape index (κ2) is 5.66. The number of nitrogens with one attached hydrogen (secondary N) is 1. The van der Waals surface area contributed by atoms with E-state index in [1.807, 2.05) is 0 Å². The zero-order valence-electron chi connectivity index (χ0n) is 12.3. The highest BCUT2D eigenvalue weighted by Crippen LogP contribution is 2.44. The van der Waals surface area contributed by atoms with Gasteiger partial charge in [0.25, 0.3) is 0 Å². The summed E-state index contributed by atoms with van der Waals surface area (Å²) >= 11 is 0. The second-order valence-corrected chi connectivity index (χ2v) is 6.87. The highest BCUT2D eigenvalue weighted by atomic mass is 15.0. The Balaban J connectivity index is 1.61. The van der Waals surface area contributed by atoms with E-state index in [2.05, 4.69) is 49.5 Å². The van der Waals surface area contributed by atoms with Gasteiger partial charge in [-0.2, -0.15) is 0 Å². The molecule has 0 saturated heterocycles. The Labute approximate surface area is 117 Å². The van der Waals surface area contributed by atoms with Crippen LogP contribution in [-0.4, -0.2) is 12.6 Å². The van der Waals surface area contributed by atoms with E-state index < -0.39 is 0 Å². The molecule has 0 radical (unpaired) electrons. The monoisotopic (exact) mass is 257 g/mol. The standard InChI is InChI=1S/C18H27N/c1-13(2)17(14-6-4-3-5-7-14)12-19-18(15-8-9-15)16-10-11-16/h3-7,13,15-19H,8-12H2,1-2H3. The average Bonchev–Trinajstić information content (AvgIpc) is 3.28. The van der Waals surface area contributed by atoms with Gasteiger partial charge in [0.2, 0.25) is 0 Å². The van der Waals surface area contributed by atoms with Gasteiger partial charge in [-0.25, -0.2) is 0 Å². The topological polar surface area (TPSA) is 12.0 Å². The van der Waals surface area contributed by atoms with Crippen molar-refractivity contribution in [3.63, 3.8) is 0 Å². The maximum absolute atomic E-state index is 3.92. The molecular formula is C18H27N. The lowest BCUT2D eigenvalue weighted by Crippen LogP contribution is -2.37. The summed E-state index contributed by atoms with van der Waals surface area (Å²) in [6, 6.07) is 11.9. The Morgan fingerprint density at radius 3 is 2.05 bits per heavy atom. The molecule has 2 aliphatic rings. The van der Waals surface area contributed by atoms with Crippen molar-refractivity contribution in [1.29, 1.82) is 0 Å². The molecule has 2 aliphatic carbocycles. The lowest BCUT2D eigenvalue weighted by Gasteiger charge is -2.26. The molecule has 19 heavy (non-hydrogen) atoms. The summed E-state index contributed by atoms with van der Waals surface area (Å²) in [6.07, 6.45) is 5.86. The minimum atomic E-state index is 0.654.